The molecule has 0 fully saturated rings. The van der Waals surface area contributed by atoms with Crippen LogP contribution in [0.4, 0.5) is 18.9 Å². The monoisotopic (exact) mass is 283 g/mol. The van der Waals surface area contributed by atoms with E-state index in [9.17, 15) is 22.8 Å². The maximum Gasteiger partial charge on any atom is 0.418 e. The number of H-pyrrole nitrogens is 1. The molecular formula is C12H8F3N3O2. The van der Waals surface area contributed by atoms with E-state index in [-0.39, 0.29) is 11.4 Å². The Hall–Kier alpha value is -2.64. The lowest BCUT2D eigenvalue weighted by Crippen LogP contribution is -2.19. The predicted octanol–water partition coefficient (Wildman–Crippen LogP) is 2.04. The van der Waals surface area contributed by atoms with Gasteiger partial charge in [-0.1, -0.05) is 12.1 Å². The summed E-state index contributed by atoms with van der Waals surface area (Å²) in [4.78, 5) is 28.3. The van der Waals surface area contributed by atoms with Crippen LogP contribution in [0.5, 0.6) is 0 Å². The average Bonchev–Trinajstić information content (AvgIpc) is 2.38. The number of nitrogens with zero attached hydrogens (tertiary/aromatic N) is 1. The third-order valence-electron chi connectivity index (χ3n) is 2.39. The molecule has 1 aromatic heterocycles. The second-order valence-electron chi connectivity index (χ2n) is 3.79. The molecule has 0 aliphatic carbocycles. The van der Waals surface area contributed by atoms with Crippen LogP contribution in [0.3, 0.4) is 0 Å². The Morgan fingerprint density at radius 1 is 1.25 bits per heavy atom. The Balaban J connectivity index is 2.29. The number of carbonyl (C=O) groups excluding carboxylic acids is 1. The Morgan fingerprint density at radius 2 is 1.95 bits per heavy atom. The summed E-state index contributed by atoms with van der Waals surface area (Å²) in [5, 5.41) is 2.11. The molecule has 1 amide bonds. The van der Waals surface area contributed by atoms with E-state index in [2.05, 4.69) is 15.3 Å². The normalized spacial score (nSPS) is 11.2. The maximum absolute atomic E-state index is 12.7. The second kappa shape index (κ2) is 5.16. The zero-order valence-corrected chi connectivity index (χ0v) is 9.86. The molecular weight excluding hydrogens is 275 g/mol. The van der Waals surface area contributed by atoms with Crippen molar-refractivity contribution in [3.8, 4) is 0 Å². The summed E-state index contributed by atoms with van der Waals surface area (Å²) in [6, 6.07) is 4.57. The molecule has 104 valence electrons. The largest absolute Gasteiger partial charge is 0.418 e. The van der Waals surface area contributed by atoms with Crippen molar-refractivity contribution in [3.05, 3.63) is 58.3 Å². The summed E-state index contributed by atoms with van der Waals surface area (Å²) in [6.45, 7) is 0. The summed E-state index contributed by atoms with van der Waals surface area (Å²) in [6.07, 6.45) is -2.69. The number of hydrogen-bond acceptors (Lipinski definition) is 3. The molecule has 2 N–H and O–H groups in total. The molecule has 0 saturated heterocycles. The van der Waals surface area contributed by atoms with Crippen LogP contribution in [-0.2, 0) is 6.18 Å². The number of aromatic nitrogens is 2. The van der Waals surface area contributed by atoms with Crippen molar-refractivity contribution in [2.24, 2.45) is 0 Å². The SMILES string of the molecule is O=C(Nc1ccccc1C(F)(F)F)c1c[nH]c(=O)cn1. The number of amides is 1. The zero-order valence-electron chi connectivity index (χ0n) is 9.86. The van der Waals surface area contributed by atoms with Crippen LogP contribution in [0, 0.1) is 0 Å². The van der Waals surface area contributed by atoms with E-state index in [1.165, 1.54) is 12.1 Å². The van der Waals surface area contributed by atoms with E-state index < -0.39 is 23.2 Å². The van der Waals surface area contributed by atoms with Gasteiger partial charge in [-0.3, -0.25) is 9.59 Å². The number of benzene rings is 1. The van der Waals surface area contributed by atoms with Gasteiger partial charge in [0.15, 0.2) is 0 Å². The Labute approximate surface area is 110 Å². The number of aromatic amines is 1. The van der Waals surface area contributed by atoms with Gasteiger partial charge in [0.25, 0.3) is 11.5 Å². The van der Waals surface area contributed by atoms with Crippen LogP contribution in [0.25, 0.3) is 0 Å². The van der Waals surface area contributed by atoms with Crippen molar-refractivity contribution in [3.63, 3.8) is 0 Å². The summed E-state index contributed by atoms with van der Waals surface area (Å²) < 4.78 is 38.2. The molecule has 2 aromatic rings. The lowest BCUT2D eigenvalue weighted by molar-refractivity contribution is -0.136. The molecule has 5 nitrogen and oxygen atoms in total. The first kappa shape index (κ1) is 13.8. The van der Waals surface area contributed by atoms with Gasteiger partial charge in [-0.05, 0) is 12.1 Å². The fourth-order valence-corrected chi connectivity index (χ4v) is 1.49. The van der Waals surface area contributed by atoms with Crippen molar-refractivity contribution in [2.75, 3.05) is 5.32 Å². The molecule has 0 aliphatic rings. The molecule has 0 atom stereocenters. The molecule has 0 saturated carbocycles. The number of nitrogens with one attached hydrogen (secondary N) is 2. The number of para-hydroxylation sites is 1. The van der Waals surface area contributed by atoms with E-state index in [1.54, 1.807) is 0 Å². The molecule has 20 heavy (non-hydrogen) atoms. The number of alkyl halides is 3. The van der Waals surface area contributed by atoms with Gasteiger partial charge >= 0.3 is 6.18 Å². The molecule has 1 aromatic carbocycles. The molecule has 0 aliphatic heterocycles. The highest BCUT2D eigenvalue weighted by atomic mass is 19.4. The van der Waals surface area contributed by atoms with Crippen LogP contribution in [0.15, 0.2) is 41.5 Å². The topological polar surface area (TPSA) is 74.8 Å². The van der Waals surface area contributed by atoms with E-state index in [0.29, 0.717) is 0 Å². The van der Waals surface area contributed by atoms with Gasteiger partial charge in [-0.25, -0.2) is 4.98 Å². The Bertz CT molecular complexity index is 674. The van der Waals surface area contributed by atoms with Crippen molar-refractivity contribution in [2.45, 2.75) is 6.18 Å². The van der Waals surface area contributed by atoms with Gasteiger partial charge in [0.2, 0.25) is 0 Å². The minimum absolute atomic E-state index is 0.193. The molecule has 0 unspecified atom stereocenters. The first-order valence-electron chi connectivity index (χ1n) is 5.40. The molecule has 8 heteroatoms. The summed E-state index contributed by atoms with van der Waals surface area (Å²) in [7, 11) is 0. The fraction of sp³-hybridized carbons (Fsp3) is 0.0833. The third-order valence-corrected chi connectivity index (χ3v) is 2.39. The molecule has 1 heterocycles. The van der Waals surface area contributed by atoms with Crippen molar-refractivity contribution < 1.29 is 18.0 Å². The van der Waals surface area contributed by atoms with Crippen LogP contribution in [0.2, 0.25) is 0 Å². The van der Waals surface area contributed by atoms with Crippen LogP contribution in [0.1, 0.15) is 16.1 Å². The van der Waals surface area contributed by atoms with Gasteiger partial charge in [0.05, 0.1) is 17.4 Å². The Kier molecular flexibility index (Phi) is 3.55. The van der Waals surface area contributed by atoms with Gasteiger partial charge in [-0.2, -0.15) is 13.2 Å². The van der Waals surface area contributed by atoms with Gasteiger partial charge < -0.3 is 10.3 Å². The lowest BCUT2D eigenvalue weighted by Gasteiger charge is -2.13. The first-order chi connectivity index (χ1) is 9.38. The average molecular weight is 283 g/mol. The predicted molar refractivity (Wildman–Crippen MR) is 64.3 cm³/mol. The van der Waals surface area contributed by atoms with Crippen molar-refractivity contribution in [1.82, 2.24) is 9.97 Å². The van der Waals surface area contributed by atoms with E-state index >= 15 is 0 Å². The minimum atomic E-state index is -4.58. The smallest absolute Gasteiger partial charge is 0.325 e. The standard InChI is InChI=1S/C12H8F3N3O2/c13-12(14,15)7-3-1-2-4-8(7)18-11(20)9-5-17-10(19)6-16-9/h1-6H,(H,17,19)(H,18,20). The van der Waals surface area contributed by atoms with E-state index in [4.69, 9.17) is 0 Å². The van der Waals surface area contributed by atoms with E-state index in [1.807, 2.05) is 0 Å². The third kappa shape index (κ3) is 3.02. The number of hydrogen-bond donors (Lipinski definition) is 2. The van der Waals surface area contributed by atoms with Gasteiger partial charge in [0, 0.05) is 6.20 Å². The maximum atomic E-state index is 12.7. The molecule has 2 rings (SSSR count). The van der Waals surface area contributed by atoms with Crippen LogP contribution >= 0.6 is 0 Å². The highest BCUT2D eigenvalue weighted by Gasteiger charge is 2.33. The Morgan fingerprint density at radius 3 is 2.55 bits per heavy atom. The first-order valence-corrected chi connectivity index (χ1v) is 5.40. The van der Waals surface area contributed by atoms with Crippen LogP contribution < -0.4 is 10.9 Å². The number of anilines is 1. The minimum Gasteiger partial charge on any atom is -0.325 e. The molecule has 0 radical (unpaired) electrons. The van der Waals surface area contributed by atoms with Crippen molar-refractivity contribution in [1.29, 1.82) is 0 Å². The highest BCUT2D eigenvalue weighted by molar-refractivity contribution is 6.03. The summed E-state index contributed by atoms with van der Waals surface area (Å²) in [5.41, 5.74) is -2.05. The number of halogens is 3. The van der Waals surface area contributed by atoms with E-state index in [0.717, 1.165) is 24.5 Å². The molecule has 0 bridgehead atoms. The summed E-state index contributed by atoms with van der Waals surface area (Å²) >= 11 is 0. The number of carbonyl (C=O) groups is 1. The quantitative estimate of drug-likeness (QED) is 0.885. The second-order valence-corrected chi connectivity index (χ2v) is 3.79. The molecule has 0 spiro atoms. The number of rotatable bonds is 2. The highest BCUT2D eigenvalue weighted by Crippen LogP contribution is 2.34. The zero-order chi connectivity index (χ0) is 14.8. The van der Waals surface area contributed by atoms with Gasteiger partial charge in [-0.15, -0.1) is 0 Å². The van der Waals surface area contributed by atoms with Gasteiger partial charge in [0.1, 0.15) is 5.69 Å². The summed E-state index contributed by atoms with van der Waals surface area (Å²) in [5.74, 6) is -0.849. The van der Waals surface area contributed by atoms with Crippen molar-refractivity contribution >= 4 is 11.6 Å². The van der Waals surface area contributed by atoms with Crippen LogP contribution in [-0.4, -0.2) is 15.9 Å². The lowest BCUT2D eigenvalue weighted by atomic mass is 10.1. The fourth-order valence-electron chi connectivity index (χ4n) is 1.49.